The summed E-state index contributed by atoms with van der Waals surface area (Å²) in [6.45, 7) is 0. The second-order valence-corrected chi connectivity index (χ2v) is 7.05. The van der Waals surface area contributed by atoms with Crippen molar-refractivity contribution in [1.82, 2.24) is 24.6 Å². The Balaban J connectivity index is 0.000000157. The first-order valence-electron chi connectivity index (χ1n) is 9.41. The number of imidazole rings is 1. The van der Waals surface area contributed by atoms with Gasteiger partial charge in [0.05, 0.1) is 11.3 Å². The average Bonchev–Trinajstić information content (AvgIpc) is 3.36. The molecule has 9 nitrogen and oxygen atoms in total. The van der Waals surface area contributed by atoms with Gasteiger partial charge in [0.15, 0.2) is 17.1 Å². The van der Waals surface area contributed by atoms with E-state index in [1.165, 1.54) is 18.3 Å². The van der Waals surface area contributed by atoms with Gasteiger partial charge in [0.25, 0.3) is 5.56 Å². The summed E-state index contributed by atoms with van der Waals surface area (Å²) in [6, 6.07) is 7.95. The highest BCUT2D eigenvalue weighted by Crippen LogP contribution is 2.42. The number of ether oxygens (including phenoxy) is 2. The van der Waals surface area contributed by atoms with Crippen LogP contribution in [0.25, 0.3) is 16.9 Å². The highest BCUT2D eigenvalue weighted by atomic mass is 19.3. The van der Waals surface area contributed by atoms with Gasteiger partial charge in [0, 0.05) is 24.2 Å². The lowest BCUT2D eigenvalue weighted by Gasteiger charge is -2.05. The number of hydrogen-bond acceptors (Lipinski definition) is 6. The first-order chi connectivity index (χ1) is 14.9. The molecule has 4 heterocycles. The van der Waals surface area contributed by atoms with Crippen LogP contribution in [0.3, 0.4) is 0 Å². The van der Waals surface area contributed by atoms with Gasteiger partial charge in [-0.3, -0.25) is 9.78 Å². The predicted molar refractivity (Wildman–Crippen MR) is 104 cm³/mol. The highest BCUT2D eigenvalue weighted by Gasteiger charge is 2.43. The summed E-state index contributed by atoms with van der Waals surface area (Å²) in [7, 11) is 0. The molecule has 31 heavy (non-hydrogen) atoms. The first kappa shape index (κ1) is 19.0. The van der Waals surface area contributed by atoms with Crippen LogP contribution in [0, 0.1) is 0 Å². The molecule has 1 fully saturated rings. The summed E-state index contributed by atoms with van der Waals surface area (Å²) >= 11 is 0. The number of alkyl halides is 2. The number of hydrogen-bond donors (Lipinski definition) is 2. The zero-order chi connectivity index (χ0) is 21.6. The van der Waals surface area contributed by atoms with E-state index in [-0.39, 0.29) is 11.5 Å². The summed E-state index contributed by atoms with van der Waals surface area (Å²) in [4.78, 5) is 31.9. The average molecular weight is 427 g/mol. The van der Waals surface area contributed by atoms with Crippen molar-refractivity contribution in [1.29, 1.82) is 0 Å². The monoisotopic (exact) mass is 427 g/mol. The van der Waals surface area contributed by atoms with Crippen molar-refractivity contribution in [2.45, 2.75) is 25.1 Å². The molecular weight excluding hydrogens is 412 g/mol. The van der Waals surface area contributed by atoms with Crippen molar-refractivity contribution >= 4 is 5.65 Å². The maximum Gasteiger partial charge on any atom is 0.586 e. The second-order valence-electron chi connectivity index (χ2n) is 7.05. The van der Waals surface area contributed by atoms with E-state index in [4.69, 9.17) is 0 Å². The summed E-state index contributed by atoms with van der Waals surface area (Å²) in [5.74, 6) is 0.651. The van der Waals surface area contributed by atoms with Crippen LogP contribution in [0.15, 0.2) is 58.5 Å². The van der Waals surface area contributed by atoms with Crippen LogP contribution in [-0.4, -0.2) is 30.9 Å². The van der Waals surface area contributed by atoms with Crippen molar-refractivity contribution in [2.24, 2.45) is 0 Å². The van der Waals surface area contributed by atoms with Crippen molar-refractivity contribution in [3.8, 4) is 22.8 Å². The molecule has 0 radical (unpaired) electrons. The van der Waals surface area contributed by atoms with Gasteiger partial charge in [-0.2, -0.15) is 5.10 Å². The second kappa shape index (κ2) is 7.04. The Kier molecular flexibility index (Phi) is 4.31. The maximum absolute atomic E-state index is 12.3. The number of para-hydroxylation sites is 2. The Bertz CT molecular complexity index is 1360. The minimum Gasteiger partial charge on any atom is -0.395 e. The number of aromatic nitrogens is 5. The molecular formula is C20H15F2N5O4. The Morgan fingerprint density at radius 1 is 1.13 bits per heavy atom. The van der Waals surface area contributed by atoms with Crippen LogP contribution in [0.1, 0.15) is 24.3 Å². The van der Waals surface area contributed by atoms with Gasteiger partial charge in [0.2, 0.25) is 0 Å². The molecule has 3 aromatic heterocycles. The molecule has 1 aromatic carbocycles. The topological polar surface area (TPSA) is 114 Å². The normalized spacial score (nSPS) is 16.1. The van der Waals surface area contributed by atoms with Crippen LogP contribution < -0.4 is 20.7 Å². The van der Waals surface area contributed by atoms with Gasteiger partial charge in [-0.1, -0.05) is 12.1 Å². The van der Waals surface area contributed by atoms with Crippen LogP contribution in [0.4, 0.5) is 8.78 Å². The maximum atomic E-state index is 12.3. The Labute approximate surface area is 172 Å². The quantitative estimate of drug-likeness (QED) is 0.508. The molecule has 0 amide bonds. The van der Waals surface area contributed by atoms with Crippen molar-refractivity contribution in [3.05, 3.63) is 75.3 Å². The third-order valence-electron chi connectivity index (χ3n) is 4.81. The number of nitrogens with zero attached hydrogens (tertiary/aromatic N) is 3. The van der Waals surface area contributed by atoms with E-state index in [0.717, 1.165) is 24.1 Å². The number of halogens is 2. The minimum atomic E-state index is -3.50. The molecule has 0 atom stereocenters. The van der Waals surface area contributed by atoms with Crippen LogP contribution >= 0.6 is 0 Å². The molecule has 0 bridgehead atoms. The zero-order valence-electron chi connectivity index (χ0n) is 15.8. The molecule has 1 saturated carbocycles. The van der Waals surface area contributed by atoms with Gasteiger partial charge in [-0.05, 0) is 37.0 Å². The molecule has 4 aromatic rings. The smallest absolute Gasteiger partial charge is 0.395 e. The van der Waals surface area contributed by atoms with E-state index >= 15 is 0 Å². The SMILES string of the molecule is FC1(F)Oc2ccccc2O1.O=c1[nH]cc(-c2cc(C3CC3)c3nccn3n2)c(=O)[nH]1. The molecule has 2 N–H and O–H groups in total. The molecule has 2 aliphatic rings. The molecule has 6 rings (SSSR count). The third kappa shape index (κ3) is 3.77. The Morgan fingerprint density at radius 2 is 1.84 bits per heavy atom. The molecule has 1 aliphatic carbocycles. The number of benzene rings is 1. The Morgan fingerprint density at radius 3 is 2.48 bits per heavy atom. The van der Waals surface area contributed by atoms with Crippen molar-refractivity contribution in [3.63, 3.8) is 0 Å². The van der Waals surface area contributed by atoms with E-state index in [9.17, 15) is 18.4 Å². The van der Waals surface area contributed by atoms with Crippen LogP contribution in [0.5, 0.6) is 11.5 Å². The lowest BCUT2D eigenvalue weighted by atomic mass is 10.1. The number of H-pyrrole nitrogens is 2. The number of fused-ring (bicyclic) bond motifs is 2. The standard InChI is InChI=1S/C13H11N5O2.C7H4F2O2/c19-12-9(6-15-13(20)16-12)10-5-8(7-1-2-7)11-14-3-4-18(11)17-10;8-7(9)10-5-3-1-2-4-6(5)11-7/h3-7H,1-2H2,(H2,15,16,19,20);1-4H. The predicted octanol–water partition coefficient (Wildman–Crippen LogP) is 2.66. The third-order valence-corrected chi connectivity index (χ3v) is 4.81. The summed E-state index contributed by atoms with van der Waals surface area (Å²) in [5, 5.41) is 4.38. The lowest BCUT2D eigenvalue weighted by Crippen LogP contribution is -2.25. The van der Waals surface area contributed by atoms with E-state index in [2.05, 4.69) is 29.5 Å². The minimum absolute atomic E-state index is 0.0810. The zero-order valence-corrected chi connectivity index (χ0v) is 15.8. The van der Waals surface area contributed by atoms with Crippen LogP contribution in [0.2, 0.25) is 0 Å². The number of nitrogens with one attached hydrogen (secondary N) is 2. The molecule has 0 saturated heterocycles. The fourth-order valence-electron chi connectivity index (χ4n) is 3.26. The Hall–Kier alpha value is -4.02. The fourth-order valence-corrected chi connectivity index (χ4v) is 3.26. The molecule has 0 spiro atoms. The molecule has 11 heteroatoms. The van der Waals surface area contributed by atoms with E-state index in [1.807, 2.05) is 6.07 Å². The van der Waals surface area contributed by atoms with Gasteiger partial charge in [-0.15, -0.1) is 8.78 Å². The van der Waals surface area contributed by atoms with E-state index in [1.54, 1.807) is 29.0 Å². The van der Waals surface area contributed by atoms with Crippen molar-refractivity contribution in [2.75, 3.05) is 0 Å². The van der Waals surface area contributed by atoms with Crippen molar-refractivity contribution < 1.29 is 18.3 Å². The molecule has 158 valence electrons. The summed E-state index contributed by atoms with van der Waals surface area (Å²) in [5.41, 5.74) is 1.85. The van der Waals surface area contributed by atoms with E-state index < -0.39 is 17.5 Å². The fraction of sp³-hybridized carbons (Fsp3) is 0.200. The van der Waals surface area contributed by atoms with Gasteiger partial charge < -0.3 is 14.5 Å². The molecule has 1 aliphatic heterocycles. The first-order valence-corrected chi connectivity index (χ1v) is 9.41. The lowest BCUT2D eigenvalue weighted by molar-refractivity contribution is -0.286. The van der Waals surface area contributed by atoms with Gasteiger partial charge in [-0.25, -0.2) is 14.3 Å². The van der Waals surface area contributed by atoms with Gasteiger partial charge >= 0.3 is 12.0 Å². The largest absolute Gasteiger partial charge is 0.586 e. The summed E-state index contributed by atoms with van der Waals surface area (Å²) in [6.07, 6.45) is 3.61. The summed E-state index contributed by atoms with van der Waals surface area (Å²) < 4.78 is 34.5. The highest BCUT2D eigenvalue weighted by molar-refractivity contribution is 5.62. The van der Waals surface area contributed by atoms with E-state index in [0.29, 0.717) is 17.2 Å². The molecule has 0 unspecified atom stereocenters. The number of aromatic amines is 2. The van der Waals surface area contributed by atoms with Crippen LogP contribution in [-0.2, 0) is 0 Å². The van der Waals surface area contributed by atoms with Gasteiger partial charge in [0.1, 0.15) is 0 Å². The number of rotatable bonds is 2.